The zero-order chi connectivity index (χ0) is 18.6. The van der Waals surface area contributed by atoms with Gasteiger partial charge in [0, 0.05) is 42.1 Å². The van der Waals surface area contributed by atoms with Gasteiger partial charge in [0.15, 0.2) is 0 Å². The van der Waals surface area contributed by atoms with Crippen LogP contribution in [0.2, 0.25) is 0 Å². The molecule has 0 radical (unpaired) electrons. The Balaban J connectivity index is 1.45. The van der Waals surface area contributed by atoms with E-state index in [2.05, 4.69) is 16.4 Å². The smallest absolute Gasteiger partial charge is 0.256 e. The summed E-state index contributed by atoms with van der Waals surface area (Å²) in [5, 5.41) is 4.86. The maximum atomic E-state index is 12.9. The summed E-state index contributed by atoms with van der Waals surface area (Å²) in [4.78, 5) is 15.2. The standard InChI is InChI=1S/C22H25N3O2/c23-21-8-7-20(18-5-1-2-6-19(18)21)22(26)24-17-4-3-11-25(15-17)14-16-9-12-27-13-10-16/h1-8,11,16H,9-10,12-15,23H2,(H,24,26). The van der Waals surface area contributed by atoms with Crippen molar-refractivity contribution < 1.29 is 9.53 Å². The van der Waals surface area contributed by atoms with E-state index in [0.29, 0.717) is 23.7 Å². The molecule has 0 atom stereocenters. The fourth-order valence-electron chi connectivity index (χ4n) is 3.81. The molecule has 1 amide bonds. The predicted molar refractivity (Wildman–Crippen MR) is 108 cm³/mol. The largest absolute Gasteiger partial charge is 0.398 e. The number of rotatable bonds is 4. The van der Waals surface area contributed by atoms with Crippen LogP contribution in [0.1, 0.15) is 23.2 Å². The van der Waals surface area contributed by atoms with Gasteiger partial charge in [-0.1, -0.05) is 24.3 Å². The van der Waals surface area contributed by atoms with Gasteiger partial charge in [0.2, 0.25) is 0 Å². The Hall–Kier alpha value is -2.79. The van der Waals surface area contributed by atoms with Crippen molar-refractivity contribution in [2.45, 2.75) is 12.8 Å². The fraction of sp³-hybridized carbons (Fsp3) is 0.318. The van der Waals surface area contributed by atoms with Gasteiger partial charge in [0.25, 0.3) is 5.91 Å². The van der Waals surface area contributed by atoms with Crippen molar-refractivity contribution in [3.63, 3.8) is 0 Å². The van der Waals surface area contributed by atoms with Crippen molar-refractivity contribution in [3.8, 4) is 0 Å². The second kappa shape index (κ2) is 7.84. The molecule has 3 N–H and O–H groups in total. The maximum absolute atomic E-state index is 12.9. The van der Waals surface area contributed by atoms with Crippen molar-refractivity contribution >= 4 is 22.4 Å². The Labute approximate surface area is 159 Å². The minimum absolute atomic E-state index is 0.0984. The van der Waals surface area contributed by atoms with E-state index >= 15 is 0 Å². The van der Waals surface area contributed by atoms with Gasteiger partial charge in [-0.25, -0.2) is 0 Å². The van der Waals surface area contributed by atoms with Gasteiger partial charge in [0.05, 0.1) is 6.54 Å². The average Bonchev–Trinajstić information content (AvgIpc) is 2.69. The fourth-order valence-corrected chi connectivity index (χ4v) is 3.81. The molecule has 1 fully saturated rings. The third kappa shape index (κ3) is 3.98. The zero-order valence-electron chi connectivity index (χ0n) is 15.4. The monoisotopic (exact) mass is 363 g/mol. The Morgan fingerprint density at radius 1 is 1.15 bits per heavy atom. The van der Waals surface area contributed by atoms with Gasteiger partial charge in [-0.2, -0.15) is 0 Å². The lowest BCUT2D eigenvalue weighted by molar-refractivity contribution is 0.0583. The molecule has 0 unspecified atom stereocenters. The first-order valence-corrected chi connectivity index (χ1v) is 9.48. The van der Waals surface area contributed by atoms with Crippen molar-refractivity contribution in [1.29, 1.82) is 0 Å². The van der Waals surface area contributed by atoms with E-state index in [0.717, 1.165) is 49.1 Å². The number of benzene rings is 2. The molecule has 140 valence electrons. The molecule has 2 aliphatic rings. The second-order valence-corrected chi connectivity index (χ2v) is 7.22. The Morgan fingerprint density at radius 2 is 1.93 bits per heavy atom. The number of nitrogens with two attached hydrogens (primary N) is 1. The lowest BCUT2D eigenvalue weighted by Crippen LogP contribution is -2.35. The summed E-state index contributed by atoms with van der Waals surface area (Å²) in [6, 6.07) is 11.3. The summed E-state index contributed by atoms with van der Waals surface area (Å²) in [5.74, 6) is 0.554. The minimum atomic E-state index is -0.0984. The van der Waals surface area contributed by atoms with E-state index in [1.165, 1.54) is 0 Å². The van der Waals surface area contributed by atoms with Crippen molar-refractivity contribution in [1.82, 2.24) is 10.2 Å². The molecule has 4 rings (SSSR count). The number of hydrogen-bond acceptors (Lipinski definition) is 4. The van der Waals surface area contributed by atoms with E-state index in [-0.39, 0.29) is 5.91 Å². The number of nitrogen functional groups attached to an aromatic ring is 1. The van der Waals surface area contributed by atoms with Crippen LogP contribution in [-0.4, -0.2) is 37.1 Å². The first-order valence-electron chi connectivity index (χ1n) is 9.48. The minimum Gasteiger partial charge on any atom is -0.398 e. The van der Waals surface area contributed by atoms with Crippen molar-refractivity contribution in [2.24, 2.45) is 5.92 Å². The molecule has 1 saturated heterocycles. The highest BCUT2D eigenvalue weighted by atomic mass is 16.5. The van der Waals surface area contributed by atoms with E-state index in [1.807, 2.05) is 36.4 Å². The third-order valence-electron chi connectivity index (χ3n) is 5.28. The lowest BCUT2D eigenvalue weighted by Gasteiger charge is -2.31. The predicted octanol–water partition coefficient (Wildman–Crippen LogP) is 3.29. The third-order valence-corrected chi connectivity index (χ3v) is 5.28. The highest BCUT2D eigenvalue weighted by Crippen LogP contribution is 2.25. The quantitative estimate of drug-likeness (QED) is 0.818. The zero-order valence-corrected chi connectivity index (χ0v) is 15.4. The highest BCUT2D eigenvalue weighted by molar-refractivity contribution is 6.10. The van der Waals surface area contributed by atoms with Crippen LogP contribution < -0.4 is 11.1 Å². The highest BCUT2D eigenvalue weighted by Gasteiger charge is 2.19. The number of amides is 1. The summed E-state index contributed by atoms with van der Waals surface area (Å²) >= 11 is 0. The van der Waals surface area contributed by atoms with Gasteiger partial charge in [-0.05, 0) is 54.6 Å². The Kier molecular flexibility index (Phi) is 5.12. The summed E-state index contributed by atoms with van der Waals surface area (Å²) in [6.45, 7) is 3.42. The Bertz CT molecular complexity index is 898. The van der Waals surface area contributed by atoms with Gasteiger partial charge in [0.1, 0.15) is 0 Å². The molecule has 5 nitrogen and oxygen atoms in total. The molecule has 0 aliphatic carbocycles. The number of allylic oxidation sites excluding steroid dienone is 2. The second-order valence-electron chi connectivity index (χ2n) is 7.22. The van der Waals surface area contributed by atoms with Crippen LogP contribution in [-0.2, 0) is 4.74 Å². The first-order chi connectivity index (χ1) is 13.2. The molecule has 0 bridgehead atoms. The van der Waals surface area contributed by atoms with Crippen molar-refractivity contribution in [3.05, 3.63) is 66.0 Å². The maximum Gasteiger partial charge on any atom is 0.256 e. The van der Waals surface area contributed by atoms with E-state index in [4.69, 9.17) is 10.5 Å². The number of hydrogen-bond donors (Lipinski definition) is 2. The topological polar surface area (TPSA) is 67.6 Å². The molecule has 5 heteroatoms. The number of carbonyl (C=O) groups is 1. The molecular weight excluding hydrogens is 338 g/mol. The van der Waals surface area contributed by atoms with Gasteiger partial charge in [-0.15, -0.1) is 0 Å². The van der Waals surface area contributed by atoms with E-state index in [1.54, 1.807) is 12.1 Å². The lowest BCUT2D eigenvalue weighted by atomic mass is 9.99. The Morgan fingerprint density at radius 3 is 2.74 bits per heavy atom. The van der Waals surface area contributed by atoms with Crippen LogP contribution in [0.15, 0.2) is 60.4 Å². The van der Waals surface area contributed by atoms with E-state index in [9.17, 15) is 4.79 Å². The van der Waals surface area contributed by atoms with Crippen LogP contribution in [0.25, 0.3) is 10.8 Å². The molecule has 2 aromatic rings. The average molecular weight is 363 g/mol. The molecule has 2 aliphatic heterocycles. The van der Waals surface area contributed by atoms with Crippen LogP contribution in [0.5, 0.6) is 0 Å². The van der Waals surface area contributed by atoms with Crippen LogP contribution in [0.4, 0.5) is 5.69 Å². The van der Waals surface area contributed by atoms with Gasteiger partial charge >= 0.3 is 0 Å². The number of nitrogens with one attached hydrogen (secondary N) is 1. The number of carbonyl (C=O) groups excluding carboxylic acids is 1. The normalized spacial score (nSPS) is 17.8. The summed E-state index contributed by atoms with van der Waals surface area (Å²) in [7, 11) is 0. The van der Waals surface area contributed by atoms with Gasteiger partial charge in [-0.3, -0.25) is 4.79 Å². The molecular formula is C22H25N3O2. The number of anilines is 1. The number of fused-ring (bicyclic) bond motifs is 1. The molecule has 2 heterocycles. The number of nitrogens with zero attached hydrogens (tertiary/aromatic N) is 1. The van der Waals surface area contributed by atoms with Crippen molar-refractivity contribution in [2.75, 3.05) is 32.0 Å². The van der Waals surface area contributed by atoms with Crippen LogP contribution in [0.3, 0.4) is 0 Å². The summed E-state index contributed by atoms with van der Waals surface area (Å²) in [5.41, 5.74) is 8.29. The van der Waals surface area contributed by atoms with Crippen LogP contribution >= 0.6 is 0 Å². The molecule has 0 aromatic heterocycles. The number of ether oxygens (including phenoxy) is 1. The van der Waals surface area contributed by atoms with Gasteiger partial charge < -0.3 is 20.7 Å². The molecule has 2 aromatic carbocycles. The molecule has 27 heavy (non-hydrogen) atoms. The molecule has 0 saturated carbocycles. The summed E-state index contributed by atoms with van der Waals surface area (Å²) in [6.07, 6.45) is 8.28. The molecule has 0 spiro atoms. The first kappa shape index (κ1) is 17.6. The van der Waals surface area contributed by atoms with Crippen LogP contribution in [0, 0.1) is 5.92 Å². The summed E-state index contributed by atoms with van der Waals surface area (Å²) < 4.78 is 5.44. The SMILES string of the molecule is Nc1ccc(C(=O)NC2=CC=CN(CC3CCOCC3)C2)c2ccccc12. The van der Waals surface area contributed by atoms with E-state index < -0.39 is 0 Å².